The summed E-state index contributed by atoms with van der Waals surface area (Å²) in [5.41, 5.74) is 0.330. The molecule has 4 rings (SSSR count). The predicted octanol–water partition coefficient (Wildman–Crippen LogP) is 4.91. The molecule has 27 heavy (non-hydrogen) atoms. The van der Waals surface area contributed by atoms with Gasteiger partial charge in [-0.05, 0) is 37.8 Å². The normalized spacial score (nSPS) is 18.9. The number of carbonyl (C=O) groups excluding carboxylic acids is 1. The van der Waals surface area contributed by atoms with Gasteiger partial charge in [0.2, 0.25) is 11.5 Å². The van der Waals surface area contributed by atoms with Gasteiger partial charge in [-0.15, -0.1) is 0 Å². The van der Waals surface area contributed by atoms with Crippen LogP contribution in [0.25, 0.3) is 11.5 Å². The van der Waals surface area contributed by atoms with Gasteiger partial charge in [0.05, 0.1) is 0 Å². The smallest absolute Gasteiger partial charge is 0.276 e. The third-order valence-corrected chi connectivity index (χ3v) is 5.86. The Hall–Kier alpha value is -2.55. The molecule has 0 unspecified atom stereocenters. The summed E-state index contributed by atoms with van der Waals surface area (Å²) < 4.78 is 10.7. The highest BCUT2D eigenvalue weighted by Crippen LogP contribution is 2.32. The largest absolute Gasteiger partial charge is 0.442 e. The van der Waals surface area contributed by atoms with Gasteiger partial charge >= 0.3 is 0 Å². The Labute approximate surface area is 159 Å². The van der Waals surface area contributed by atoms with Gasteiger partial charge < -0.3 is 13.8 Å². The molecule has 0 aliphatic heterocycles. The van der Waals surface area contributed by atoms with E-state index in [0.717, 1.165) is 25.7 Å². The van der Waals surface area contributed by atoms with Crippen molar-refractivity contribution in [3.63, 3.8) is 0 Å². The fourth-order valence-electron chi connectivity index (χ4n) is 4.50. The van der Waals surface area contributed by atoms with Crippen molar-refractivity contribution >= 4 is 5.91 Å². The van der Waals surface area contributed by atoms with Crippen molar-refractivity contribution in [2.24, 2.45) is 0 Å². The Morgan fingerprint density at radius 2 is 1.63 bits per heavy atom. The van der Waals surface area contributed by atoms with E-state index in [0.29, 0.717) is 29.3 Å². The van der Waals surface area contributed by atoms with Crippen LogP contribution in [-0.4, -0.2) is 28.0 Å². The molecule has 2 aliphatic carbocycles. The van der Waals surface area contributed by atoms with Crippen LogP contribution in [0, 0.1) is 11.3 Å². The van der Waals surface area contributed by atoms with Crippen LogP contribution in [0.5, 0.6) is 0 Å². The summed E-state index contributed by atoms with van der Waals surface area (Å²) in [6, 6.07) is 7.44. The van der Waals surface area contributed by atoms with Crippen LogP contribution in [0.2, 0.25) is 0 Å². The van der Waals surface area contributed by atoms with Crippen molar-refractivity contribution in [2.45, 2.75) is 76.3 Å². The lowest BCUT2D eigenvalue weighted by Crippen LogP contribution is -2.48. The number of aromatic nitrogens is 1. The Morgan fingerprint density at radius 1 is 1.00 bits per heavy atom. The average molecular weight is 367 g/mol. The van der Waals surface area contributed by atoms with Crippen molar-refractivity contribution in [3.8, 4) is 17.6 Å². The molecule has 2 aromatic heterocycles. The van der Waals surface area contributed by atoms with Gasteiger partial charge in [0, 0.05) is 18.2 Å². The lowest BCUT2D eigenvalue weighted by molar-refractivity contribution is 0.0438. The fourth-order valence-corrected chi connectivity index (χ4v) is 4.50. The standard InChI is InChI=1S/C21H25N3O3/c22-14-17-11-12-19(26-17)20-13-18(23-27-20)21(25)24(15-7-3-1-4-8-15)16-9-5-2-6-10-16/h11-13,15-16H,1-10H2. The highest BCUT2D eigenvalue weighted by Gasteiger charge is 2.34. The predicted molar refractivity (Wildman–Crippen MR) is 98.8 cm³/mol. The maximum atomic E-state index is 13.4. The van der Waals surface area contributed by atoms with E-state index < -0.39 is 0 Å². The van der Waals surface area contributed by atoms with E-state index in [1.54, 1.807) is 18.2 Å². The van der Waals surface area contributed by atoms with Gasteiger partial charge in [-0.2, -0.15) is 5.26 Å². The summed E-state index contributed by atoms with van der Waals surface area (Å²) in [6.07, 6.45) is 11.6. The van der Waals surface area contributed by atoms with Crippen LogP contribution < -0.4 is 0 Å². The zero-order valence-electron chi connectivity index (χ0n) is 15.5. The van der Waals surface area contributed by atoms with Crippen molar-refractivity contribution in [3.05, 3.63) is 29.7 Å². The molecule has 6 nitrogen and oxygen atoms in total. The number of carbonyl (C=O) groups is 1. The van der Waals surface area contributed by atoms with Crippen LogP contribution in [0.1, 0.15) is 80.5 Å². The molecule has 0 bridgehead atoms. The zero-order valence-corrected chi connectivity index (χ0v) is 15.5. The highest BCUT2D eigenvalue weighted by molar-refractivity contribution is 5.93. The third kappa shape index (κ3) is 3.78. The van der Waals surface area contributed by atoms with E-state index in [2.05, 4.69) is 10.1 Å². The van der Waals surface area contributed by atoms with E-state index in [1.807, 2.05) is 6.07 Å². The molecule has 0 atom stereocenters. The molecule has 0 spiro atoms. The summed E-state index contributed by atoms with van der Waals surface area (Å²) in [7, 11) is 0. The highest BCUT2D eigenvalue weighted by atomic mass is 16.5. The molecule has 142 valence electrons. The molecule has 6 heteroatoms. The van der Waals surface area contributed by atoms with E-state index >= 15 is 0 Å². The van der Waals surface area contributed by atoms with Gasteiger partial charge in [0.1, 0.15) is 6.07 Å². The van der Waals surface area contributed by atoms with Crippen LogP contribution in [0.3, 0.4) is 0 Å². The second-order valence-electron chi connectivity index (χ2n) is 7.65. The first-order valence-electron chi connectivity index (χ1n) is 10.1. The molecule has 1 amide bonds. The molecule has 2 heterocycles. The van der Waals surface area contributed by atoms with Gasteiger partial charge in [-0.25, -0.2) is 0 Å². The van der Waals surface area contributed by atoms with Crippen molar-refractivity contribution in [1.29, 1.82) is 5.26 Å². The Morgan fingerprint density at radius 3 is 2.19 bits per heavy atom. The second-order valence-corrected chi connectivity index (χ2v) is 7.65. The van der Waals surface area contributed by atoms with E-state index in [1.165, 1.54) is 38.5 Å². The molecule has 2 saturated carbocycles. The number of furan rings is 1. The Bertz CT molecular complexity index is 802. The number of amides is 1. The Balaban J connectivity index is 1.58. The van der Waals surface area contributed by atoms with Gasteiger partial charge in [-0.3, -0.25) is 4.79 Å². The molecule has 2 aliphatic rings. The zero-order chi connectivity index (χ0) is 18.6. The molecule has 0 N–H and O–H groups in total. The summed E-state index contributed by atoms with van der Waals surface area (Å²) in [4.78, 5) is 15.5. The van der Waals surface area contributed by atoms with Crippen LogP contribution in [-0.2, 0) is 0 Å². The van der Waals surface area contributed by atoms with Crippen molar-refractivity contribution in [2.75, 3.05) is 0 Å². The second kappa shape index (κ2) is 7.99. The lowest BCUT2D eigenvalue weighted by atomic mass is 9.88. The van der Waals surface area contributed by atoms with Crippen molar-refractivity contribution in [1.82, 2.24) is 10.1 Å². The molecular weight excluding hydrogens is 342 g/mol. The maximum absolute atomic E-state index is 13.4. The molecule has 2 aromatic rings. The summed E-state index contributed by atoms with van der Waals surface area (Å²) in [5.74, 6) is 0.975. The topological polar surface area (TPSA) is 83.3 Å². The lowest BCUT2D eigenvalue weighted by Gasteiger charge is -2.41. The molecular formula is C21H25N3O3. The fraction of sp³-hybridized carbons (Fsp3) is 0.571. The Kier molecular flexibility index (Phi) is 5.28. The summed E-state index contributed by atoms with van der Waals surface area (Å²) in [5, 5.41) is 12.9. The van der Waals surface area contributed by atoms with Crippen LogP contribution in [0.4, 0.5) is 0 Å². The summed E-state index contributed by atoms with van der Waals surface area (Å²) >= 11 is 0. The van der Waals surface area contributed by atoms with Gasteiger partial charge in [0.25, 0.3) is 5.91 Å². The minimum atomic E-state index is -0.0316. The quantitative estimate of drug-likeness (QED) is 0.766. The number of nitrogens with zero attached hydrogens (tertiary/aromatic N) is 3. The maximum Gasteiger partial charge on any atom is 0.276 e. The van der Waals surface area contributed by atoms with Crippen LogP contribution in [0.15, 0.2) is 27.1 Å². The van der Waals surface area contributed by atoms with E-state index in [4.69, 9.17) is 14.2 Å². The first kappa shape index (κ1) is 17.8. The first-order chi connectivity index (χ1) is 13.3. The van der Waals surface area contributed by atoms with Gasteiger partial charge in [-0.1, -0.05) is 43.7 Å². The van der Waals surface area contributed by atoms with Gasteiger partial charge in [0.15, 0.2) is 11.5 Å². The number of hydrogen-bond donors (Lipinski definition) is 0. The third-order valence-electron chi connectivity index (χ3n) is 5.86. The number of hydrogen-bond acceptors (Lipinski definition) is 5. The minimum absolute atomic E-state index is 0.0316. The first-order valence-corrected chi connectivity index (χ1v) is 10.1. The molecule has 0 aromatic carbocycles. The van der Waals surface area contributed by atoms with E-state index in [-0.39, 0.29) is 11.7 Å². The average Bonchev–Trinajstić information content (AvgIpc) is 3.39. The minimum Gasteiger partial charge on any atom is -0.442 e. The van der Waals surface area contributed by atoms with Crippen LogP contribution >= 0.6 is 0 Å². The van der Waals surface area contributed by atoms with Crippen molar-refractivity contribution < 1.29 is 13.7 Å². The SMILES string of the molecule is N#Cc1ccc(-c2cc(C(=O)N(C3CCCCC3)C3CCCCC3)no2)o1. The molecule has 0 radical (unpaired) electrons. The number of nitriles is 1. The monoisotopic (exact) mass is 367 g/mol. The number of rotatable bonds is 4. The summed E-state index contributed by atoms with van der Waals surface area (Å²) in [6.45, 7) is 0. The molecule has 0 saturated heterocycles. The van der Waals surface area contributed by atoms with E-state index in [9.17, 15) is 4.79 Å². The molecule has 2 fully saturated rings.